The van der Waals surface area contributed by atoms with Gasteiger partial charge in [-0.25, -0.2) is 8.78 Å². The largest absolute Gasteiger partial charge is 0.398 e. The van der Waals surface area contributed by atoms with Crippen LogP contribution in [0.3, 0.4) is 0 Å². The van der Waals surface area contributed by atoms with Crippen molar-refractivity contribution < 1.29 is 8.78 Å². The first-order chi connectivity index (χ1) is 9.15. The summed E-state index contributed by atoms with van der Waals surface area (Å²) < 4.78 is 28.1. The standard InChI is InChI=1S/C14H11F2N3/c15-10-5-4-9(12(16)6-10)8-19-14-3-1-2-13(17)11(14)7-18-19/h1-7H,8,17H2. The Kier molecular flexibility index (Phi) is 2.67. The zero-order chi connectivity index (χ0) is 13.4. The van der Waals surface area contributed by atoms with Gasteiger partial charge in [0.1, 0.15) is 11.6 Å². The monoisotopic (exact) mass is 259 g/mol. The maximum atomic E-state index is 13.6. The molecule has 2 N–H and O–H groups in total. The molecule has 0 saturated carbocycles. The van der Waals surface area contributed by atoms with E-state index in [9.17, 15) is 8.78 Å². The average Bonchev–Trinajstić information content (AvgIpc) is 2.78. The third-order valence-electron chi connectivity index (χ3n) is 3.06. The maximum Gasteiger partial charge on any atom is 0.131 e. The fourth-order valence-corrected chi connectivity index (χ4v) is 2.06. The van der Waals surface area contributed by atoms with Crippen molar-refractivity contribution in [3.63, 3.8) is 0 Å². The van der Waals surface area contributed by atoms with E-state index in [1.165, 1.54) is 12.1 Å². The van der Waals surface area contributed by atoms with E-state index in [1.807, 2.05) is 12.1 Å². The van der Waals surface area contributed by atoms with Crippen molar-refractivity contribution in [3.8, 4) is 0 Å². The minimum Gasteiger partial charge on any atom is -0.398 e. The molecular weight excluding hydrogens is 248 g/mol. The molecule has 3 rings (SSSR count). The van der Waals surface area contributed by atoms with Gasteiger partial charge in [-0.15, -0.1) is 0 Å². The summed E-state index contributed by atoms with van der Waals surface area (Å²) in [5.74, 6) is -1.16. The summed E-state index contributed by atoms with van der Waals surface area (Å²) in [4.78, 5) is 0. The van der Waals surface area contributed by atoms with Crippen molar-refractivity contribution in [3.05, 3.63) is 59.8 Å². The van der Waals surface area contributed by atoms with E-state index in [2.05, 4.69) is 5.10 Å². The molecule has 0 saturated heterocycles. The van der Waals surface area contributed by atoms with Gasteiger partial charge in [0.2, 0.25) is 0 Å². The molecule has 0 atom stereocenters. The number of hydrogen-bond acceptors (Lipinski definition) is 2. The highest BCUT2D eigenvalue weighted by atomic mass is 19.1. The van der Waals surface area contributed by atoms with E-state index in [0.29, 0.717) is 11.3 Å². The first kappa shape index (κ1) is 11.6. The van der Waals surface area contributed by atoms with Crippen LogP contribution in [-0.2, 0) is 6.54 Å². The van der Waals surface area contributed by atoms with Crippen LogP contribution in [-0.4, -0.2) is 9.78 Å². The van der Waals surface area contributed by atoms with Crippen molar-refractivity contribution in [1.82, 2.24) is 9.78 Å². The summed E-state index contributed by atoms with van der Waals surface area (Å²) in [5, 5.41) is 5.02. The van der Waals surface area contributed by atoms with Gasteiger partial charge in [0.15, 0.2) is 0 Å². The number of benzene rings is 2. The van der Waals surface area contributed by atoms with Crippen LogP contribution in [0.15, 0.2) is 42.6 Å². The number of hydrogen-bond donors (Lipinski definition) is 1. The fourth-order valence-electron chi connectivity index (χ4n) is 2.06. The molecule has 3 aromatic rings. The number of aromatic nitrogens is 2. The van der Waals surface area contributed by atoms with E-state index in [0.717, 1.165) is 17.0 Å². The summed E-state index contributed by atoms with van der Waals surface area (Å²) in [7, 11) is 0. The van der Waals surface area contributed by atoms with Crippen LogP contribution in [0.4, 0.5) is 14.5 Å². The molecular formula is C14H11F2N3. The molecule has 19 heavy (non-hydrogen) atoms. The minimum atomic E-state index is -0.587. The van der Waals surface area contributed by atoms with Gasteiger partial charge in [-0.3, -0.25) is 4.68 Å². The van der Waals surface area contributed by atoms with Crippen molar-refractivity contribution in [2.45, 2.75) is 6.54 Å². The Hall–Kier alpha value is -2.43. The second-order valence-electron chi connectivity index (χ2n) is 4.32. The summed E-state index contributed by atoms with van der Waals surface area (Å²) in [6, 6.07) is 8.99. The quantitative estimate of drug-likeness (QED) is 0.719. The maximum absolute atomic E-state index is 13.6. The molecule has 3 nitrogen and oxygen atoms in total. The minimum absolute atomic E-state index is 0.235. The molecule has 0 bridgehead atoms. The molecule has 0 radical (unpaired) electrons. The van der Waals surface area contributed by atoms with Gasteiger partial charge in [0.05, 0.1) is 18.3 Å². The first-order valence-corrected chi connectivity index (χ1v) is 5.79. The lowest BCUT2D eigenvalue weighted by molar-refractivity contribution is 0.561. The predicted molar refractivity (Wildman–Crippen MR) is 69.6 cm³/mol. The van der Waals surface area contributed by atoms with Crippen LogP contribution in [0, 0.1) is 11.6 Å². The Morgan fingerprint density at radius 2 is 2.00 bits per heavy atom. The first-order valence-electron chi connectivity index (χ1n) is 5.79. The van der Waals surface area contributed by atoms with Crippen LogP contribution in [0.2, 0.25) is 0 Å². The third kappa shape index (κ3) is 2.03. The molecule has 1 heterocycles. The van der Waals surface area contributed by atoms with E-state index in [4.69, 9.17) is 5.73 Å². The van der Waals surface area contributed by atoms with Crippen molar-refractivity contribution in [2.24, 2.45) is 0 Å². The van der Waals surface area contributed by atoms with Crippen LogP contribution in [0.25, 0.3) is 10.9 Å². The second-order valence-corrected chi connectivity index (χ2v) is 4.32. The zero-order valence-electron chi connectivity index (χ0n) is 9.98. The molecule has 0 fully saturated rings. The van der Waals surface area contributed by atoms with Gasteiger partial charge in [0, 0.05) is 22.7 Å². The molecule has 0 aliphatic carbocycles. The molecule has 0 spiro atoms. The van der Waals surface area contributed by atoms with Gasteiger partial charge in [0.25, 0.3) is 0 Å². The highest BCUT2D eigenvalue weighted by Crippen LogP contribution is 2.21. The molecule has 1 aromatic heterocycles. The lowest BCUT2D eigenvalue weighted by Gasteiger charge is -2.05. The van der Waals surface area contributed by atoms with Gasteiger partial charge in [-0.2, -0.15) is 5.10 Å². The topological polar surface area (TPSA) is 43.8 Å². The Balaban J connectivity index is 2.04. The molecule has 2 aromatic carbocycles. The highest BCUT2D eigenvalue weighted by Gasteiger charge is 2.09. The summed E-state index contributed by atoms with van der Waals surface area (Å²) in [5.41, 5.74) is 7.67. The molecule has 0 aliphatic heterocycles. The number of nitrogen functional groups attached to an aromatic ring is 1. The summed E-state index contributed by atoms with van der Waals surface area (Å²) >= 11 is 0. The Morgan fingerprint density at radius 1 is 1.16 bits per heavy atom. The summed E-state index contributed by atoms with van der Waals surface area (Å²) in [6.07, 6.45) is 1.64. The summed E-state index contributed by atoms with van der Waals surface area (Å²) in [6.45, 7) is 0.235. The van der Waals surface area contributed by atoms with Gasteiger partial charge in [-0.05, 0) is 18.2 Å². The van der Waals surface area contributed by atoms with E-state index in [1.54, 1.807) is 16.9 Å². The van der Waals surface area contributed by atoms with Crippen molar-refractivity contribution >= 4 is 16.6 Å². The predicted octanol–water partition coefficient (Wildman–Crippen LogP) is 2.95. The van der Waals surface area contributed by atoms with E-state index >= 15 is 0 Å². The lowest BCUT2D eigenvalue weighted by atomic mass is 10.2. The molecule has 0 amide bonds. The van der Waals surface area contributed by atoms with Crippen molar-refractivity contribution in [1.29, 1.82) is 0 Å². The van der Waals surface area contributed by atoms with Crippen LogP contribution < -0.4 is 5.73 Å². The number of rotatable bonds is 2. The molecule has 96 valence electrons. The van der Waals surface area contributed by atoms with E-state index < -0.39 is 11.6 Å². The number of nitrogens with zero attached hydrogens (tertiary/aromatic N) is 2. The number of halogens is 2. The number of fused-ring (bicyclic) bond motifs is 1. The SMILES string of the molecule is Nc1cccc2c1cnn2Cc1ccc(F)cc1F. The lowest BCUT2D eigenvalue weighted by Crippen LogP contribution is -2.03. The van der Waals surface area contributed by atoms with Gasteiger partial charge >= 0.3 is 0 Å². The van der Waals surface area contributed by atoms with Crippen LogP contribution in [0.5, 0.6) is 0 Å². The Labute approximate surface area is 108 Å². The normalized spacial score (nSPS) is 11.1. The highest BCUT2D eigenvalue weighted by molar-refractivity contribution is 5.90. The molecule has 0 aliphatic rings. The van der Waals surface area contributed by atoms with Crippen molar-refractivity contribution in [2.75, 3.05) is 5.73 Å². The zero-order valence-corrected chi connectivity index (χ0v) is 9.98. The Bertz CT molecular complexity index is 750. The smallest absolute Gasteiger partial charge is 0.131 e. The Morgan fingerprint density at radius 3 is 2.79 bits per heavy atom. The number of nitrogens with two attached hydrogens (primary N) is 1. The average molecular weight is 259 g/mol. The van der Waals surface area contributed by atoms with Crippen LogP contribution >= 0.6 is 0 Å². The molecule has 5 heteroatoms. The van der Waals surface area contributed by atoms with Crippen LogP contribution in [0.1, 0.15) is 5.56 Å². The molecule has 0 unspecified atom stereocenters. The number of anilines is 1. The second kappa shape index (κ2) is 4.35. The fraction of sp³-hybridized carbons (Fsp3) is 0.0714. The third-order valence-corrected chi connectivity index (χ3v) is 3.06. The van der Waals surface area contributed by atoms with Gasteiger partial charge in [-0.1, -0.05) is 12.1 Å². The van der Waals surface area contributed by atoms with Gasteiger partial charge < -0.3 is 5.73 Å². The van der Waals surface area contributed by atoms with E-state index in [-0.39, 0.29) is 6.54 Å².